The molecule has 1 aliphatic heterocycles. The van der Waals surface area contributed by atoms with Gasteiger partial charge in [-0.25, -0.2) is 9.37 Å². The van der Waals surface area contributed by atoms with Gasteiger partial charge in [-0.3, -0.25) is 19.7 Å². The Kier molecular flexibility index (Phi) is 8.35. The van der Waals surface area contributed by atoms with Crippen LogP contribution in [0, 0.1) is 5.82 Å². The van der Waals surface area contributed by atoms with Crippen molar-refractivity contribution in [3.63, 3.8) is 0 Å². The van der Waals surface area contributed by atoms with Crippen LogP contribution >= 0.6 is 9.39 Å². The molecular weight excluding hydrogens is 569 g/mol. The highest BCUT2D eigenvalue weighted by Crippen LogP contribution is 2.35. The predicted octanol–water partition coefficient (Wildman–Crippen LogP) is 7.22. The number of allylic oxidation sites excluding steroid dienone is 3. The lowest BCUT2D eigenvalue weighted by Crippen LogP contribution is -2.21. The summed E-state index contributed by atoms with van der Waals surface area (Å²) < 4.78 is 18.1. The molecule has 3 N–H and O–H groups in total. The fraction of sp³-hybridized carbons (Fsp3) is 0.229. The van der Waals surface area contributed by atoms with Crippen molar-refractivity contribution in [2.75, 3.05) is 25.9 Å². The second-order valence-electron chi connectivity index (χ2n) is 11.6. The summed E-state index contributed by atoms with van der Waals surface area (Å²) >= 11 is 0. The molecule has 0 aliphatic carbocycles. The standard InChI is InChI=1S/C35H38FN7S/c1-6-23(22-43-10-8-9-11-43)12-25(7-2)27-16-30-34(41-42-35(30)38-19-27)32-17-29-31(20-37-21-33(29)40-32)26-13-24(14-28(36)15-26)18-39-44(3,4)5/h6-7,12-17,19-21,39-40H,1,3-4,8-11,18,22H2,2,5H3,(H,38,41,42)/b23-12+,25-7+. The molecule has 0 saturated carbocycles. The van der Waals surface area contributed by atoms with Gasteiger partial charge in [0, 0.05) is 47.4 Å². The van der Waals surface area contributed by atoms with Crippen LogP contribution in [0.15, 0.2) is 79.3 Å². The number of likely N-dealkylation sites (tertiary alicyclic amines) is 1. The molecule has 1 fully saturated rings. The molecule has 0 radical (unpaired) electrons. The summed E-state index contributed by atoms with van der Waals surface area (Å²) in [5.74, 6) is 7.82. The Bertz CT molecular complexity index is 2020. The van der Waals surface area contributed by atoms with Gasteiger partial charge in [0.15, 0.2) is 5.65 Å². The molecule has 0 unspecified atom stereocenters. The molecule has 1 aromatic carbocycles. The Morgan fingerprint density at radius 2 is 1.91 bits per heavy atom. The minimum Gasteiger partial charge on any atom is -0.352 e. The van der Waals surface area contributed by atoms with E-state index in [9.17, 15) is 4.39 Å². The van der Waals surface area contributed by atoms with Gasteiger partial charge in [-0.1, -0.05) is 36.5 Å². The normalized spacial score (nSPS) is 15.1. The number of fused-ring (bicyclic) bond motifs is 2. The second kappa shape index (κ2) is 12.4. The summed E-state index contributed by atoms with van der Waals surface area (Å²) in [7, 11) is -1.43. The molecule has 5 aromatic rings. The van der Waals surface area contributed by atoms with Gasteiger partial charge in [0.1, 0.15) is 5.82 Å². The first kappa shape index (κ1) is 29.7. The average Bonchev–Trinajstić information content (AvgIpc) is 3.76. The smallest absolute Gasteiger partial charge is 0.181 e. The van der Waals surface area contributed by atoms with Crippen LogP contribution in [-0.4, -0.2) is 67.7 Å². The molecule has 6 rings (SSSR count). The number of hydrogen-bond donors (Lipinski definition) is 3. The number of hydrogen-bond acceptors (Lipinski definition) is 5. The number of halogens is 1. The minimum absolute atomic E-state index is 0.302. The molecule has 1 aliphatic rings. The molecule has 4 aromatic heterocycles. The van der Waals surface area contributed by atoms with Crippen molar-refractivity contribution in [1.82, 2.24) is 34.8 Å². The second-order valence-corrected chi connectivity index (χ2v) is 14.5. The van der Waals surface area contributed by atoms with E-state index in [1.54, 1.807) is 18.5 Å². The Morgan fingerprint density at radius 3 is 2.66 bits per heavy atom. The summed E-state index contributed by atoms with van der Waals surface area (Å²) in [6, 6.07) is 9.25. The van der Waals surface area contributed by atoms with E-state index in [2.05, 4.69) is 77.4 Å². The topological polar surface area (TPSA) is 85.5 Å². The first-order valence-electron chi connectivity index (χ1n) is 14.7. The molecule has 44 heavy (non-hydrogen) atoms. The monoisotopic (exact) mass is 607 g/mol. The quantitative estimate of drug-likeness (QED) is 0.115. The predicted molar refractivity (Wildman–Crippen MR) is 187 cm³/mol. The van der Waals surface area contributed by atoms with Crippen LogP contribution in [0.5, 0.6) is 0 Å². The zero-order chi connectivity index (χ0) is 30.8. The third-order valence-electron chi connectivity index (χ3n) is 7.97. The molecule has 1 saturated heterocycles. The van der Waals surface area contributed by atoms with E-state index in [4.69, 9.17) is 0 Å². The van der Waals surface area contributed by atoms with Crippen LogP contribution in [-0.2, 0) is 6.54 Å². The molecule has 0 spiro atoms. The van der Waals surface area contributed by atoms with Crippen molar-refractivity contribution in [2.24, 2.45) is 0 Å². The van der Waals surface area contributed by atoms with Gasteiger partial charge in [0.2, 0.25) is 0 Å². The zero-order valence-corrected chi connectivity index (χ0v) is 26.1. The summed E-state index contributed by atoms with van der Waals surface area (Å²) in [6.07, 6.45) is 16.2. The summed E-state index contributed by atoms with van der Waals surface area (Å²) in [5, 5.41) is 9.51. The maximum Gasteiger partial charge on any atom is 0.181 e. The summed E-state index contributed by atoms with van der Waals surface area (Å²) in [6.45, 7) is 9.76. The average molecular weight is 608 g/mol. The lowest BCUT2D eigenvalue weighted by Gasteiger charge is -2.15. The van der Waals surface area contributed by atoms with Crippen LogP contribution in [0.3, 0.4) is 0 Å². The largest absolute Gasteiger partial charge is 0.352 e. The van der Waals surface area contributed by atoms with Crippen molar-refractivity contribution in [1.29, 1.82) is 0 Å². The van der Waals surface area contributed by atoms with Crippen LogP contribution < -0.4 is 4.72 Å². The number of H-pyrrole nitrogens is 2. The SMILES string of the molecule is C=C/C(=C\C(=C/C)c1cnc2n[nH]c(-c3cc4c(-c5cc(F)cc(CNS(=C)(=C)C)c5)cncc4[nH]3)c2c1)CN1CCCC1. The number of aromatic amines is 2. The fourth-order valence-corrected chi connectivity index (χ4v) is 6.26. The van der Waals surface area contributed by atoms with E-state index in [1.165, 1.54) is 24.5 Å². The van der Waals surface area contributed by atoms with Gasteiger partial charge in [-0.05, 0) is 91.7 Å². The van der Waals surface area contributed by atoms with E-state index in [0.29, 0.717) is 12.2 Å². The van der Waals surface area contributed by atoms with Crippen LogP contribution in [0.1, 0.15) is 30.9 Å². The maximum absolute atomic E-state index is 14.8. The Labute approximate surface area is 258 Å². The first-order chi connectivity index (χ1) is 21.2. The number of nitrogens with zero attached hydrogens (tertiary/aromatic N) is 4. The Hall–Kier alpha value is -4.31. The number of nitrogens with one attached hydrogen (secondary N) is 3. The van der Waals surface area contributed by atoms with Crippen molar-refractivity contribution < 1.29 is 4.39 Å². The number of rotatable bonds is 10. The highest BCUT2D eigenvalue weighted by atomic mass is 32.2. The molecule has 0 amide bonds. The van der Waals surface area contributed by atoms with Crippen LogP contribution in [0.2, 0.25) is 0 Å². The van der Waals surface area contributed by atoms with E-state index >= 15 is 0 Å². The number of pyridine rings is 2. The third-order valence-corrected chi connectivity index (χ3v) is 8.81. The summed E-state index contributed by atoms with van der Waals surface area (Å²) in [5.41, 5.74) is 8.84. The van der Waals surface area contributed by atoms with Gasteiger partial charge in [0.25, 0.3) is 0 Å². The first-order valence-corrected chi connectivity index (χ1v) is 17.1. The lowest BCUT2D eigenvalue weighted by molar-refractivity contribution is 0.371. The van der Waals surface area contributed by atoms with Crippen molar-refractivity contribution in [2.45, 2.75) is 26.3 Å². The minimum atomic E-state index is -1.43. The third kappa shape index (κ3) is 6.45. The van der Waals surface area contributed by atoms with Crippen LogP contribution in [0.4, 0.5) is 4.39 Å². The van der Waals surface area contributed by atoms with Gasteiger partial charge >= 0.3 is 0 Å². The van der Waals surface area contributed by atoms with Crippen molar-refractivity contribution >= 4 is 48.6 Å². The summed E-state index contributed by atoms with van der Waals surface area (Å²) in [4.78, 5) is 15.1. The molecule has 5 heterocycles. The van der Waals surface area contributed by atoms with Gasteiger partial charge in [0.05, 0.1) is 23.1 Å². The van der Waals surface area contributed by atoms with Gasteiger partial charge < -0.3 is 4.98 Å². The van der Waals surface area contributed by atoms with E-state index in [0.717, 1.165) is 75.1 Å². The molecule has 0 bridgehead atoms. The van der Waals surface area contributed by atoms with Gasteiger partial charge in [-0.15, -0.1) is 0 Å². The Balaban J connectivity index is 1.36. The highest BCUT2D eigenvalue weighted by Gasteiger charge is 2.17. The van der Waals surface area contributed by atoms with E-state index in [1.807, 2.05) is 31.5 Å². The molecule has 7 nitrogen and oxygen atoms in total. The molecule has 226 valence electrons. The molecule has 0 atom stereocenters. The molecule has 9 heteroatoms. The Morgan fingerprint density at radius 1 is 1.09 bits per heavy atom. The number of benzene rings is 1. The van der Waals surface area contributed by atoms with E-state index in [-0.39, 0.29) is 5.82 Å². The number of aromatic nitrogens is 5. The van der Waals surface area contributed by atoms with Crippen LogP contribution in [0.25, 0.3) is 50.0 Å². The van der Waals surface area contributed by atoms with Gasteiger partial charge in [-0.2, -0.15) is 14.5 Å². The molecular formula is C35H38FN7S. The van der Waals surface area contributed by atoms with Crippen molar-refractivity contribution in [3.05, 3.63) is 96.2 Å². The fourth-order valence-electron chi connectivity index (χ4n) is 5.75. The maximum atomic E-state index is 14.8. The lowest BCUT2D eigenvalue weighted by atomic mass is 10.0. The van der Waals surface area contributed by atoms with Crippen molar-refractivity contribution in [3.8, 4) is 22.5 Å². The van der Waals surface area contributed by atoms with E-state index < -0.39 is 9.39 Å². The zero-order valence-electron chi connectivity index (χ0n) is 25.3. The highest BCUT2D eigenvalue weighted by molar-refractivity contribution is 8.25.